The Hall–Kier alpha value is -3.53. The van der Waals surface area contributed by atoms with Gasteiger partial charge in [0.2, 0.25) is 0 Å². The van der Waals surface area contributed by atoms with Gasteiger partial charge in [0.15, 0.2) is 5.82 Å². The number of nitrogens with one attached hydrogen (secondary N) is 1. The molecule has 1 aromatic heterocycles. The zero-order valence-electron chi connectivity index (χ0n) is 24.1. The molecule has 0 unspecified atom stereocenters. The molecule has 40 heavy (non-hydrogen) atoms. The Morgan fingerprint density at radius 1 is 0.925 bits per heavy atom. The molecule has 0 aliphatic heterocycles. The first-order chi connectivity index (χ1) is 19.1. The average molecular weight is 616 g/mol. The van der Waals surface area contributed by atoms with Crippen molar-refractivity contribution in [3.05, 3.63) is 65.4 Å². The lowest BCUT2D eigenvalue weighted by molar-refractivity contribution is 0.0635. The van der Waals surface area contributed by atoms with Gasteiger partial charge in [-0.3, -0.25) is 5.32 Å². The van der Waals surface area contributed by atoms with E-state index in [9.17, 15) is 4.79 Å². The normalized spacial score (nSPS) is 11.1. The Bertz CT molecular complexity index is 1180. The topological polar surface area (TPSA) is 95.0 Å². The van der Waals surface area contributed by atoms with E-state index in [4.69, 9.17) is 23.9 Å². The average Bonchev–Trinajstić information content (AvgIpc) is 2.93. The Kier molecular flexibility index (Phi) is 11.4. The maximum absolute atomic E-state index is 12.9. The summed E-state index contributed by atoms with van der Waals surface area (Å²) in [6.45, 7) is 9.03. The standard InChI is InChI=1S/C30H39BrN4O5/c1-7-8-17-39-28-32-25(18-31)26(33-29(36)40-30(2,3)4)27(34-28)35(19-21-9-13-23(37-5)14-10-21)20-22-11-15-24(38-6)16-12-22/h9-16H,7-8,17-20H2,1-6H3,(H,33,36). The predicted octanol–water partition coefficient (Wildman–Crippen LogP) is 7.12. The van der Waals surface area contributed by atoms with Crippen molar-refractivity contribution < 1.29 is 23.7 Å². The minimum Gasteiger partial charge on any atom is -0.497 e. The van der Waals surface area contributed by atoms with E-state index in [-0.39, 0.29) is 6.01 Å². The maximum Gasteiger partial charge on any atom is 0.412 e. The van der Waals surface area contributed by atoms with Crippen LogP contribution in [0.15, 0.2) is 48.5 Å². The van der Waals surface area contributed by atoms with Crippen LogP contribution in [0.1, 0.15) is 57.4 Å². The van der Waals surface area contributed by atoms with Crippen molar-refractivity contribution >= 4 is 33.5 Å². The van der Waals surface area contributed by atoms with Crippen molar-refractivity contribution in [3.8, 4) is 17.5 Å². The van der Waals surface area contributed by atoms with Crippen LogP contribution in [-0.2, 0) is 23.2 Å². The van der Waals surface area contributed by atoms with Crippen LogP contribution in [0.4, 0.5) is 16.3 Å². The molecule has 0 atom stereocenters. The summed E-state index contributed by atoms with van der Waals surface area (Å²) in [5.41, 5.74) is 2.43. The van der Waals surface area contributed by atoms with Gasteiger partial charge in [-0.05, 0) is 62.6 Å². The first-order valence-electron chi connectivity index (χ1n) is 13.3. The van der Waals surface area contributed by atoms with Crippen LogP contribution in [0.3, 0.4) is 0 Å². The molecule has 0 spiro atoms. The van der Waals surface area contributed by atoms with E-state index in [0.717, 1.165) is 35.5 Å². The lowest BCUT2D eigenvalue weighted by Crippen LogP contribution is -2.30. The zero-order chi connectivity index (χ0) is 29.1. The first-order valence-corrected chi connectivity index (χ1v) is 14.4. The Morgan fingerprint density at radius 3 is 1.93 bits per heavy atom. The maximum atomic E-state index is 12.9. The van der Waals surface area contributed by atoms with Gasteiger partial charge in [-0.25, -0.2) is 4.79 Å². The highest BCUT2D eigenvalue weighted by Gasteiger charge is 2.25. The highest BCUT2D eigenvalue weighted by atomic mass is 79.9. The number of anilines is 2. The highest BCUT2D eigenvalue weighted by molar-refractivity contribution is 9.08. The van der Waals surface area contributed by atoms with Gasteiger partial charge in [-0.2, -0.15) is 9.97 Å². The molecule has 0 saturated heterocycles. The molecule has 0 radical (unpaired) electrons. The van der Waals surface area contributed by atoms with E-state index in [1.807, 2.05) is 69.3 Å². The fourth-order valence-electron chi connectivity index (χ4n) is 3.81. The number of ether oxygens (including phenoxy) is 4. The molecule has 216 valence electrons. The van der Waals surface area contributed by atoms with E-state index in [1.54, 1.807) is 14.2 Å². The van der Waals surface area contributed by atoms with Crippen molar-refractivity contribution in [1.82, 2.24) is 9.97 Å². The van der Waals surface area contributed by atoms with Crippen LogP contribution >= 0.6 is 15.9 Å². The van der Waals surface area contributed by atoms with Crippen molar-refractivity contribution in [1.29, 1.82) is 0 Å². The van der Waals surface area contributed by atoms with Gasteiger partial charge in [-0.15, -0.1) is 0 Å². The number of alkyl halides is 1. The molecule has 3 rings (SSSR count). The van der Waals surface area contributed by atoms with E-state index >= 15 is 0 Å². The van der Waals surface area contributed by atoms with E-state index in [0.29, 0.717) is 42.2 Å². The summed E-state index contributed by atoms with van der Waals surface area (Å²) in [4.78, 5) is 24.4. The molecule has 3 aromatic rings. The first kappa shape index (κ1) is 31.0. The number of aromatic nitrogens is 2. The third-order valence-electron chi connectivity index (χ3n) is 5.79. The predicted molar refractivity (Wildman–Crippen MR) is 161 cm³/mol. The number of methoxy groups -OCH3 is 2. The van der Waals surface area contributed by atoms with Gasteiger partial charge in [0, 0.05) is 18.4 Å². The highest BCUT2D eigenvalue weighted by Crippen LogP contribution is 2.33. The summed E-state index contributed by atoms with van der Waals surface area (Å²) in [6, 6.07) is 16.0. The fourth-order valence-corrected chi connectivity index (χ4v) is 4.22. The lowest BCUT2D eigenvalue weighted by Gasteiger charge is -2.28. The van der Waals surface area contributed by atoms with Gasteiger partial charge in [0.1, 0.15) is 22.8 Å². The molecule has 10 heteroatoms. The second kappa shape index (κ2) is 14.7. The van der Waals surface area contributed by atoms with Gasteiger partial charge in [0.05, 0.1) is 26.5 Å². The van der Waals surface area contributed by atoms with E-state index < -0.39 is 11.7 Å². The quantitative estimate of drug-likeness (QED) is 0.161. The lowest BCUT2D eigenvalue weighted by atomic mass is 10.1. The van der Waals surface area contributed by atoms with Crippen LogP contribution in [0.5, 0.6) is 17.5 Å². The summed E-state index contributed by atoms with van der Waals surface area (Å²) in [5.74, 6) is 2.06. The number of hydrogen-bond donors (Lipinski definition) is 1. The van der Waals surface area contributed by atoms with Gasteiger partial charge < -0.3 is 23.8 Å². The number of rotatable bonds is 13. The molecular weight excluding hydrogens is 576 g/mol. The Balaban J connectivity index is 2.11. The van der Waals surface area contributed by atoms with Crippen LogP contribution in [0, 0.1) is 0 Å². The van der Waals surface area contributed by atoms with E-state index in [1.165, 1.54) is 0 Å². The minimum atomic E-state index is -0.672. The fraction of sp³-hybridized carbons (Fsp3) is 0.433. The summed E-state index contributed by atoms with van der Waals surface area (Å²) >= 11 is 3.54. The molecule has 9 nitrogen and oxygen atoms in total. The largest absolute Gasteiger partial charge is 0.497 e. The molecule has 1 heterocycles. The number of amides is 1. The second-order valence-corrected chi connectivity index (χ2v) is 10.7. The van der Waals surface area contributed by atoms with Crippen molar-refractivity contribution in [3.63, 3.8) is 0 Å². The molecular formula is C30H39BrN4O5. The van der Waals surface area contributed by atoms with Crippen LogP contribution in [-0.4, -0.2) is 42.5 Å². The van der Waals surface area contributed by atoms with Gasteiger partial charge >= 0.3 is 12.1 Å². The van der Waals surface area contributed by atoms with Crippen LogP contribution in [0.25, 0.3) is 0 Å². The Morgan fingerprint density at radius 2 is 1.48 bits per heavy atom. The molecule has 1 amide bonds. The summed E-state index contributed by atoms with van der Waals surface area (Å²) in [5, 5.41) is 3.29. The summed E-state index contributed by atoms with van der Waals surface area (Å²) in [6.07, 6.45) is 1.27. The molecule has 0 aliphatic rings. The molecule has 0 saturated carbocycles. The molecule has 0 aliphatic carbocycles. The minimum absolute atomic E-state index is 0.252. The molecule has 0 bridgehead atoms. The summed E-state index contributed by atoms with van der Waals surface area (Å²) in [7, 11) is 3.28. The van der Waals surface area contributed by atoms with Crippen LogP contribution < -0.4 is 24.4 Å². The van der Waals surface area contributed by atoms with Crippen molar-refractivity contribution in [2.45, 2.75) is 64.6 Å². The van der Waals surface area contributed by atoms with Gasteiger partial charge in [-0.1, -0.05) is 53.5 Å². The summed E-state index contributed by atoms with van der Waals surface area (Å²) < 4.78 is 22.2. The number of carbonyl (C=O) groups excluding carboxylic acids is 1. The third-order valence-corrected chi connectivity index (χ3v) is 6.32. The number of halogens is 1. The van der Waals surface area contributed by atoms with E-state index in [2.05, 4.69) is 38.1 Å². The molecule has 1 N–H and O–H groups in total. The number of hydrogen-bond acceptors (Lipinski definition) is 8. The van der Waals surface area contributed by atoms with Crippen molar-refractivity contribution in [2.75, 3.05) is 31.0 Å². The number of unbranched alkanes of at least 4 members (excludes halogenated alkanes) is 1. The molecule has 0 fully saturated rings. The number of benzene rings is 2. The number of carbonyl (C=O) groups is 1. The van der Waals surface area contributed by atoms with Crippen molar-refractivity contribution in [2.24, 2.45) is 0 Å². The Labute approximate surface area is 245 Å². The number of nitrogens with zero attached hydrogens (tertiary/aromatic N) is 3. The smallest absolute Gasteiger partial charge is 0.412 e. The van der Waals surface area contributed by atoms with Crippen LogP contribution in [0.2, 0.25) is 0 Å². The van der Waals surface area contributed by atoms with Gasteiger partial charge in [0.25, 0.3) is 0 Å². The molecule has 2 aromatic carbocycles. The second-order valence-electron chi connectivity index (χ2n) is 10.2. The monoisotopic (exact) mass is 614 g/mol. The SMILES string of the molecule is CCCCOc1nc(CBr)c(NC(=O)OC(C)(C)C)c(N(Cc2ccc(OC)cc2)Cc2ccc(OC)cc2)n1. The zero-order valence-corrected chi connectivity index (χ0v) is 25.7. The third kappa shape index (κ3) is 9.29.